The van der Waals surface area contributed by atoms with Crippen LogP contribution in [0.3, 0.4) is 0 Å². The van der Waals surface area contributed by atoms with E-state index in [1.807, 2.05) is 53.7 Å². The van der Waals surface area contributed by atoms with E-state index >= 15 is 0 Å². The third-order valence-electron chi connectivity index (χ3n) is 7.73. The summed E-state index contributed by atoms with van der Waals surface area (Å²) in [4.78, 5) is 12.1. The molecule has 0 aliphatic heterocycles. The van der Waals surface area contributed by atoms with Gasteiger partial charge in [0.15, 0.2) is 0 Å². The first-order valence-electron chi connectivity index (χ1n) is 11.9. The molecule has 33 heavy (non-hydrogen) atoms. The number of carbonyl (C=O) groups excluding carboxylic acids is 1. The van der Waals surface area contributed by atoms with Crippen molar-refractivity contribution < 1.29 is 19.4 Å². The Bertz CT molecular complexity index is 978. The lowest BCUT2D eigenvalue weighted by atomic mass is 9.70. The van der Waals surface area contributed by atoms with Crippen molar-refractivity contribution in [1.82, 2.24) is 0 Å². The first kappa shape index (κ1) is 26.9. The van der Waals surface area contributed by atoms with Gasteiger partial charge >= 0.3 is 5.97 Å². The summed E-state index contributed by atoms with van der Waals surface area (Å²) in [6, 6.07) is 12.4. The van der Waals surface area contributed by atoms with E-state index in [4.69, 9.17) is 9.47 Å². The quantitative estimate of drug-likeness (QED) is 0.448. The predicted octanol–water partition coefficient (Wildman–Crippen LogP) is 6.76. The lowest BCUT2D eigenvalue weighted by Gasteiger charge is -2.41. The Labute approximate surface area is 200 Å². The van der Waals surface area contributed by atoms with Crippen LogP contribution in [0.1, 0.15) is 93.9 Å². The molecule has 1 N–H and O–H groups in total. The van der Waals surface area contributed by atoms with Crippen LogP contribution in [0.2, 0.25) is 0 Å². The summed E-state index contributed by atoms with van der Waals surface area (Å²) < 4.78 is 11.2. The van der Waals surface area contributed by atoms with Gasteiger partial charge in [0, 0.05) is 5.41 Å². The summed E-state index contributed by atoms with van der Waals surface area (Å²) in [5, 5.41) is 11.0. The molecule has 4 nitrogen and oxygen atoms in total. The van der Waals surface area contributed by atoms with Gasteiger partial charge in [0.05, 0.1) is 12.7 Å². The molecule has 2 aromatic carbocycles. The van der Waals surface area contributed by atoms with E-state index in [1.165, 1.54) is 18.2 Å². The van der Waals surface area contributed by atoms with E-state index in [1.54, 1.807) is 0 Å². The van der Waals surface area contributed by atoms with Crippen molar-refractivity contribution in [2.45, 2.75) is 92.3 Å². The van der Waals surface area contributed by atoms with Gasteiger partial charge in [-0.25, -0.2) is 4.79 Å². The van der Waals surface area contributed by atoms with E-state index in [2.05, 4.69) is 45.0 Å². The molecule has 2 unspecified atom stereocenters. The smallest absolute Gasteiger partial charge is 0.338 e. The zero-order valence-electron chi connectivity index (χ0n) is 22.1. The van der Waals surface area contributed by atoms with Crippen LogP contribution in [0.15, 0.2) is 36.4 Å². The minimum Gasteiger partial charge on any atom is -0.487 e. The predicted molar refractivity (Wildman–Crippen MR) is 135 cm³/mol. The van der Waals surface area contributed by atoms with Crippen molar-refractivity contribution in [2.24, 2.45) is 5.41 Å². The highest BCUT2D eigenvalue weighted by atomic mass is 16.5. The number of rotatable bonds is 8. The van der Waals surface area contributed by atoms with Gasteiger partial charge in [0.25, 0.3) is 0 Å². The van der Waals surface area contributed by atoms with Gasteiger partial charge in [-0.1, -0.05) is 58.9 Å². The number of carbonyl (C=O) groups is 1. The highest BCUT2D eigenvalue weighted by Gasteiger charge is 2.42. The Kier molecular flexibility index (Phi) is 8.06. The first-order chi connectivity index (χ1) is 15.2. The van der Waals surface area contributed by atoms with E-state index in [-0.39, 0.29) is 22.9 Å². The van der Waals surface area contributed by atoms with Crippen molar-refractivity contribution in [2.75, 3.05) is 7.11 Å². The summed E-state index contributed by atoms with van der Waals surface area (Å²) in [5.41, 5.74) is 3.50. The number of ether oxygens (including phenoxy) is 2. The maximum absolute atomic E-state index is 12.1. The summed E-state index contributed by atoms with van der Waals surface area (Å²) in [6.45, 7) is 18.2. The normalized spacial score (nSPS) is 15.0. The molecule has 0 saturated heterocycles. The number of methoxy groups -OCH3 is 1. The maximum Gasteiger partial charge on any atom is 0.338 e. The molecule has 0 saturated carbocycles. The SMILES string of the molecule is CCC(CC)(c1ccc(OC(C)C(C)(O)C(C)(C)C)c(C)c1)c1ccc(C(=O)OC)c(C)c1. The second-order valence-electron chi connectivity index (χ2n) is 10.4. The van der Waals surface area contributed by atoms with Gasteiger partial charge < -0.3 is 14.6 Å². The van der Waals surface area contributed by atoms with Gasteiger partial charge in [0.1, 0.15) is 17.5 Å². The average molecular weight is 455 g/mol. The molecule has 0 heterocycles. The second-order valence-corrected chi connectivity index (χ2v) is 10.4. The van der Waals surface area contributed by atoms with E-state index in [9.17, 15) is 9.90 Å². The Morgan fingerprint density at radius 3 is 1.88 bits per heavy atom. The molecule has 0 amide bonds. The van der Waals surface area contributed by atoms with Crippen molar-refractivity contribution in [3.63, 3.8) is 0 Å². The topological polar surface area (TPSA) is 55.8 Å². The molecule has 0 bridgehead atoms. The molecule has 0 aromatic heterocycles. The van der Waals surface area contributed by atoms with Crippen molar-refractivity contribution in [3.05, 3.63) is 64.2 Å². The third kappa shape index (κ3) is 5.11. The second kappa shape index (κ2) is 9.89. The Hall–Kier alpha value is -2.33. The molecular formula is C29H42O4. The number of hydrogen-bond donors (Lipinski definition) is 1. The van der Waals surface area contributed by atoms with Crippen molar-refractivity contribution in [3.8, 4) is 5.75 Å². The molecule has 182 valence electrons. The van der Waals surface area contributed by atoms with E-state index < -0.39 is 5.60 Å². The van der Waals surface area contributed by atoms with Gasteiger partial charge in [-0.05, 0) is 80.3 Å². The minimum atomic E-state index is -0.979. The Balaban J connectivity index is 2.46. The van der Waals surface area contributed by atoms with Crippen molar-refractivity contribution in [1.29, 1.82) is 0 Å². The minimum absolute atomic E-state index is 0.175. The van der Waals surface area contributed by atoms with Crippen LogP contribution in [0.4, 0.5) is 0 Å². The van der Waals surface area contributed by atoms with Gasteiger partial charge in [0.2, 0.25) is 0 Å². The maximum atomic E-state index is 12.1. The first-order valence-corrected chi connectivity index (χ1v) is 11.9. The molecule has 0 aliphatic carbocycles. The summed E-state index contributed by atoms with van der Waals surface area (Å²) >= 11 is 0. The fourth-order valence-electron chi connectivity index (χ4n) is 4.53. The zero-order chi connectivity index (χ0) is 25.2. The monoisotopic (exact) mass is 454 g/mol. The number of hydrogen-bond acceptors (Lipinski definition) is 4. The number of aryl methyl sites for hydroxylation is 2. The molecule has 2 rings (SSSR count). The largest absolute Gasteiger partial charge is 0.487 e. The van der Waals surface area contributed by atoms with Crippen molar-refractivity contribution >= 4 is 5.97 Å². The van der Waals surface area contributed by atoms with Crippen LogP contribution >= 0.6 is 0 Å². The summed E-state index contributed by atoms with van der Waals surface area (Å²) in [7, 11) is 1.41. The Morgan fingerprint density at radius 2 is 1.45 bits per heavy atom. The number of aliphatic hydroxyl groups is 1. The van der Waals surface area contributed by atoms with E-state index in [0.29, 0.717) is 5.56 Å². The van der Waals surface area contributed by atoms with Gasteiger partial charge in [-0.15, -0.1) is 0 Å². The van der Waals surface area contributed by atoms with Crippen LogP contribution in [0.5, 0.6) is 5.75 Å². The Morgan fingerprint density at radius 1 is 0.939 bits per heavy atom. The fraction of sp³-hybridized carbons (Fsp3) is 0.552. The van der Waals surface area contributed by atoms with E-state index in [0.717, 1.165) is 29.7 Å². The molecule has 0 aliphatic rings. The standard InChI is InChI=1S/C29H42O4/c1-11-29(12-2,22-13-15-24(19(3)17-22)26(30)32-10)23-14-16-25(20(4)18-23)33-21(5)28(9,31)27(6,7)8/h13-18,21,31H,11-12H2,1-10H3. The van der Waals surface area contributed by atoms with Crippen LogP contribution < -0.4 is 4.74 Å². The summed E-state index contributed by atoms with van der Waals surface area (Å²) in [6.07, 6.45) is 1.49. The molecule has 0 fully saturated rings. The molecule has 2 atom stereocenters. The van der Waals surface area contributed by atoms with Crippen LogP contribution in [0.25, 0.3) is 0 Å². The third-order valence-corrected chi connectivity index (χ3v) is 7.73. The van der Waals surface area contributed by atoms with Gasteiger partial charge in [-0.2, -0.15) is 0 Å². The van der Waals surface area contributed by atoms with Crippen LogP contribution in [-0.2, 0) is 10.2 Å². The molecular weight excluding hydrogens is 412 g/mol. The highest BCUT2D eigenvalue weighted by molar-refractivity contribution is 5.91. The van der Waals surface area contributed by atoms with Crippen LogP contribution in [-0.4, -0.2) is 29.9 Å². The lowest BCUT2D eigenvalue weighted by Crippen LogP contribution is -2.51. The number of benzene rings is 2. The van der Waals surface area contributed by atoms with Crippen LogP contribution in [0, 0.1) is 19.3 Å². The molecule has 4 heteroatoms. The number of esters is 1. The highest BCUT2D eigenvalue weighted by Crippen LogP contribution is 2.41. The van der Waals surface area contributed by atoms with Gasteiger partial charge in [-0.3, -0.25) is 0 Å². The average Bonchev–Trinajstić information content (AvgIpc) is 2.75. The molecule has 0 spiro atoms. The molecule has 2 aromatic rings. The summed E-state index contributed by atoms with van der Waals surface area (Å²) in [5.74, 6) is 0.476. The zero-order valence-corrected chi connectivity index (χ0v) is 22.1. The fourth-order valence-corrected chi connectivity index (χ4v) is 4.53. The molecule has 0 radical (unpaired) electrons. The lowest BCUT2D eigenvalue weighted by molar-refractivity contribution is -0.112.